The van der Waals surface area contributed by atoms with Gasteiger partial charge in [-0.1, -0.05) is 37.1 Å². The van der Waals surface area contributed by atoms with Crippen LogP contribution in [-0.2, 0) is 9.59 Å². The molecule has 188 valence electrons. The monoisotopic (exact) mass is 490 g/mol. The highest BCUT2D eigenvalue weighted by molar-refractivity contribution is 6.51. The maximum Gasteiger partial charge on any atom is 0.301 e. The lowest BCUT2D eigenvalue weighted by Crippen LogP contribution is -2.29. The number of ketones is 1. The molecule has 0 radical (unpaired) electrons. The van der Waals surface area contributed by atoms with Gasteiger partial charge in [0.2, 0.25) is 0 Å². The first-order valence-corrected chi connectivity index (χ1v) is 12.1. The van der Waals surface area contributed by atoms with Gasteiger partial charge in [-0.25, -0.2) is 0 Å². The van der Waals surface area contributed by atoms with Crippen LogP contribution in [0.1, 0.15) is 56.0 Å². The molecule has 36 heavy (non-hydrogen) atoms. The van der Waals surface area contributed by atoms with Crippen molar-refractivity contribution in [3.05, 3.63) is 77.1 Å². The molecule has 1 amide bonds. The molecule has 0 spiro atoms. The fourth-order valence-electron chi connectivity index (χ4n) is 4.17. The number of aliphatic hydroxyl groups is 1. The first-order valence-electron chi connectivity index (χ1n) is 12.1. The molecule has 0 aliphatic carbocycles. The molecular formula is C28H30N2O6. The van der Waals surface area contributed by atoms with Crippen molar-refractivity contribution in [2.75, 3.05) is 18.1 Å². The largest absolute Gasteiger partial charge is 0.507 e. The van der Waals surface area contributed by atoms with Gasteiger partial charge in [0.15, 0.2) is 5.82 Å². The summed E-state index contributed by atoms with van der Waals surface area (Å²) in [7, 11) is 0. The summed E-state index contributed by atoms with van der Waals surface area (Å²) in [6, 6.07) is 14.6. The van der Waals surface area contributed by atoms with E-state index in [2.05, 4.69) is 12.1 Å². The number of hydrogen-bond donors (Lipinski definition) is 1. The van der Waals surface area contributed by atoms with Crippen LogP contribution >= 0.6 is 0 Å². The smallest absolute Gasteiger partial charge is 0.301 e. The minimum Gasteiger partial charge on any atom is -0.507 e. The summed E-state index contributed by atoms with van der Waals surface area (Å²) >= 11 is 0. The first kappa shape index (κ1) is 25.0. The number of hydrogen-bond acceptors (Lipinski definition) is 7. The molecule has 3 aromatic rings. The van der Waals surface area contributed by atoms with Crippen LogP contribution in [0.5, 0.6) is 11.5 Å². The number of Topliss-reactive ketones (excluding diaryl/α,β-unsaturated/α-hetero) is 1. The Morgan fingerprint density at radius 2 is 1.67 bits per heavy atom. The third-order valence-corrected chi connectivity index (χ3v) is 5.96. The summed E-state index contributed by atoms with van der Waals surface area (Å²) < 4.78 is 16.5. The first-order chi connectivity index (χ1) is 17.4. The zero-order valence-corrected chi connectivity index (χ0v) is 20.7. The van der Waals surface area contributed by atoms with Gasteiger partial charge in [0.25, 0.3) is 5.78 Å². The van der Waals surface area contributed by atoms with Crippen LogP contribution in [0.25, 0.3) is 5.76 Å². The number of carbonyl (C=O) groups excluding carboxylic acids is 2. The minimum atomic E-state index is -0.893. The molecule has 0 bridgehead atoms. The highest BCUT2D eigenvalue weighted by Crippen LogP contribution is 2.42. The Balaban J connectivity index is 1.74. The maximum absolute atomic E-state index is 13.2. The zero-order valence-electron chi connectivity index (χ0n) is 20.7. The number of amides is 1. The molecule has 0 unspecified atom stereocenters. The van der Waals surface area contributed by atoms with Gasteiger partial charge < -0.3 is 19.1 Å². The lowest BCUT2D eigenvalue weighted by atomic mass is 9.95. The minimum absolute atomic E-state index is 0.0265. The Morgan fingerprint density at radius 3 is 2.28 bits per heavy atom. The summed E-state index contributed by atoms with van der Waals surface area (Å²) in [6.45, 7) is 6.83. The van der Waals surface area contributed by atoms with Crippen LogP contribution in [0.4, 0.5) is 5.82 Å². The van der Waals surface area contributed by atoms with Gasteiger partial charge in [-0.05, 0) is 62.2 Å². The summed E-state index contributed by atoms with van der Waals surface area (Å²) in [6.07, 6.45) is 3.16. The Morgan fingerprint density at radius 1 is 1.00 bits per heavy atom. The van der Waals surface area contributed by atoms with Crippen LogP contribution < -0.4 is 14.4 Å². The highest BCUT2D eigenvalue weighted by atomic mass is 16.5. The Kier molecular flexibility index (Phi) is 7.73. The Bertz CT molecular complexity index is 1240. The van der Waals surface area contributed by atoms with Crippen molar-refractivity contribution >= 4 is 23.3 Å². The van der Waals surface area contributed by atoms with Gasteiger partial charge in [0, 0.05) is 11.6 Å². The second-order valence-corrected chi connectivity index (χ2v) is 8.55. The third kappa shape index (κ3) is 5.12. The SMILES string of the molecule is CCCCCOc1ccc([C@@H]2C(=C(O)c3ccc(OCC)cc3)C(=O)C(=O)N2c2cc(C)on2)cc1. The van der Waals surface area contributed by atoms with E-state index >= 15 is 0 Å². The topological polar surface area (TPSA) is 102 Å². The molecule has 1 aliphatic heterocycles. The van der Waals surface area contributed by atoms with Crippen LogP contribution in [-0.4, -0.2) is 35.2 Å². The molecule has 1 N–H and O–H groups in total. The van der Waals surface area contributed by atoms with Crippen LogP contribution in [0, 0.1) is 6.92 Å². The number of benzene rings is 2. The predicted octanol–water partition coefficient (Wildman–Crippen LogP) is 5.58. The number of anilines is 1. The van der Waals surface area contributed by atoms with Crippen molar-refractivity contribution in [1.29, 1.82) is 0 Å². The van der Waals surface area contributed by atoms with E-state index in [1.54, 1.807) is 61.5 Å². The molecule has 0 saturated carbocycles. The van der Waals surface area contributed by atoms with Crippen molar-refractivity contribution in [2.45, 2.75) is 46.1 Å². The second kappa shape index (κ2) is 11.1. The quantitative estimate of drug-likeness (QED) is 0.171. The van der Waals surface area contributed by atoms with E-state index in [1.165, 1.54) is 4.90 Å². The summed E-state index contributed by atoms with van der Waals surface area (Å²) in [5.41, 5.74) is 0.998. The second-order valence-electron chi connectivity index (χ2n) is 8.55. The number of unbranched alkanes of at least 4 members (excludes halogenated alkanes) is 2. The lowest BCUT2D eigenvalue weighted by molar-refractivity contribution is -0.132. The van der Waals surface area contributed by atoms with E-state index in [9.17, 15) is 14.7 Å². The molecule has 1 atom stereocenters. The van der Waals surface area contributed by atoms with E-state index in [-0.39, 0.29) is 17.2 Å². The number of rotatable bonds is 10. The molecule has 4 rings (SSSR count). The average Bonchev–Trinajstić information content (AvgIpc) is 3.43. The van der Waals surface area contributed by atoms with Crippen molar-refractivity contribution < 1.29 is 28.7 Å². The molecule has 2 aromatic carbocycles. The van der Waals surface area contributed by atoms with Crippen LogP contribution in [0.15, 0.2) is 64.7 Å². The van der Waals surface area contributed by atoms with Gasteiger partial charge in [0.1, 0.15) is 23.0 Å². The van der Waals surface area contributed by atoms with E-state index in [0.29, 0.717) is 41.6 Å². The highest BCUT2D eigenvalue weighted by Gasteiger charge is 2.48. The van der Waals surface area contributed by atoms with Crippen molar-refractivity contribution in [1.82, 2.24) is 5.16 Å². The molecule has 1 fully saturated rings. The number of carbonyl (C=O) groups is 2. The molecular weight excluding hydrogens is 460 g/mol. The van der Waals surface area contributed by atoms with Crippen LogP contribution in [0.3, 0.4) is 0 Å². The normalized spacial score (nSPS) is 17.0. The molecule has 2 heterocycles. The number of aliphatic hydroxyl groups excluding tert-OH is 1. The summed E-state index contributed by atoms with van der Waals surface area (Å²) in [5.74, 6) is 0.157. The number of ether oxygens (including phenoxy) is 2. The number of nitrogens with zero attached hydrogens (tertiary/aromatic N) is 2. The van der Waals surface area contributed by atoms with Crippen molar-refractivity contribution in [3.63, 3.8) is 0 Å². The number of aryl methyl sites for hydroxylation is 1. The molecule has 8 heteroatoms. The molecule has 1 saturated heterocycles. The fraction of sp³-hybridized carbons (Fsp3) is 0.321. The fourth-order valence-corrected chi connectivity index (χ4v) is 4.17. The third-order valence-electron chi connectivity index (χ3n) is 5.96. The predicted molar refractivity (Wildman–Crippen MR) is 135 cm³/mol. The maximum atomic E-state index is 13.2. The lowest BCUT2D eigenvalue weighted by Gasteiger charge is -2.23. The van der Waals surface area contributed by atoms with E-state index < -0.39 is 17.7 Å². The molecule has 1 aromatic heterocycles. The standard InChI is InChI=1S/C28H30N2O6/c1-4-6-7-16-35-22-12-8-19(9-13-22)25-24(26(31)20-10-14-21(15-11-20)34-5-2)27(32)28(33)30(25)23-17-18(3)36-29-23/h8-15,17,25,31H,4-7,16H2,1-3H3/t25-/m1/s1. The van der Waals surface area contributed by atoms with Gasteiger partial charge in [-0.15, -0.1) is 0 Å². The van der Waals surface area contributed by atoms with E-state index in [1.807, 2.05) is 6.92 Å². The Labute approximate surface area is 210 Å². The molecule has 8 nitrogen and oxygen atoms in total. The van der Waals surface area contributed by atoms with Crippen LogP contribution in [0.2, 0.25) is 0 Å². The van der Waals surface area contributed by atoms with E-state index in [4.69, 9.17) is 14.0 Å². The van der Waals surface area contributed by atoms with Crippen molar-refractivity contribution in [3.8, 4) is 11.5 Å². The van der Waals surface area contributed by atoms with Gasteiger partial charge in [0.05, 0.1) is 24.8 Å². The van der Waals surface area contributed by atoms with Gasteiger partial charge >= 0.3 is 5.91 Å². The van der Waals surface area contributed by atoms with Crippen molar-refractivity contribution in [2.24, 2.45) is 0 Å². The van der Waals surface area contributed by atoms with Gasteiger partial charge in [-0.2, -0.15) is 0 Å². The molecule has 1 aliphatic rings. The average molecular weight is 491 g/mol. The van der Waals surface area contributed by atoms with E-state index in [0.717, 1.165) is 19.3 Å². The zero-order chi connectivity index (χ0) is 25.7. The summed E-state index contributed by atoms with van der Waals surface area (Å²) in [5, 5.41) is 15.2. The summed E-state index contributed by atoms with van der Waals surface area (Å²) in [4.78, 5) is 27.6. The number of aromatic nitrogens is 1. The van der Waals surface area contributed by atoms with Gasteiger partial charge in [-0.3, -0.25) is 14.5 Å². The Hall–Kier alpha value is -4.07.